The van der Waals surface area contributed by atoms with E-state index in [-0.39, 0.29) is 0 Å². The van der Waals surface area contributed by atoms with Gasteiger partial charge in [0.2, 0.25) is 0 Å². The highest BCUT2D eigenvalue weighted by Crippen LogP contribution is 2.55. The minimum atomic E-state index is -1.39. The molecule has 2 unspecified atom stereocenters. The summed E-state index contributed by atoms with van der Waals surface area (Å²) in [7, 11) is 0. The van der Waals surface area contributed by atoms with E-state index in [1.165, 1.54) is 63.7 Å². The molecule has 116 valence electrons. The van der Waals surface area contributed by atoms with Crippen LogP contribution in [0, 0.1) is 11.8 Å². The molecule has 3 heteroatoms. The zero-order valence-electron chi connectivity index (χ0n) is 13.5. The Morgan fingerprint density at radius 1 is 0.842 bits per heavy atom. The Morgan fingerprint density at radius 3 is 1.47 bits per heavy atom. The Labute approximate surface area is 132 Å². The Bertz CT molecular complexity index is 231. The molecule has 0 fully saturated rings. The van der Waals surface area contributed by atoms with Crippen molar-refractivity contribution in [2.75, 3.05) is 12.3 Å². The van der Waals surface area contributed by atoms with Crippen molar-refractivity contribution >= 4 is 29.3 Å². The third kappa shape index (κ3) is 10.4. The number of hydrogen-bond donors (Lipinski definition) is 1. The second-order valence-corrected chi connectivity index (χ2v) is 13.7. The van der Waals surface area contributed by atoms with Crippen molar-refractivity contribution in [3.63, 3.8) is 0 Å². The molecule has 0 aliphatic heterocycles. The van der Waals surface area contributed by atoms with Gasteiger partial charge in [0.15, 0.2) is 0 Å². The summed E-state index contributed by atoms with van der Waals surface area (Å²) in [5.41, 5.74) is 0. The Kier molecular flexibility index (Phi) is 12.2. The lowest BCUT2D eigenvalue weighted by atomic mass is 10.0. The first-order valence-electron chi connectivity index (χ1n) is 8.29. The molecule has 0 saturated heterocycles. The number of thiol groups is 1. The normalized spacial score (nSPS) is 17.9. The van der Waals surface area contributed by atoms with Crippen molar-refractivity contribution in [1.29, 1.82) is 0 Å². The number of hydrogen-bond acceptors (Lipinski definition) is 1. The lowest BCUT2D eigenvalue weighted by Crippen LogP contribution is -2.10. The van der Waals surface area contributed by atoms with Crippen LogP contribution < -0.4 is 0 Å². The molecular formula is C16H35PS2. The van der Waals surface area contributed by atoms with Gasteiger partial charge in [-0.1, -0.05) is 90.9 Å². The highest BCUT2D eigenvalue weighted by molar-refractivity contribution is 8.63. The molecule has 2 atom stereocenters. The third-order valence-electron chi connectivity index (χ3n) is 4.17. The molecule has 0 nitrogen and oxygen atoms in total. The largest absolute Gasteiger partial charge is 0.141 e. The van der Waals surface area contributed by atoms with Gasteiger partial charge in [-0.15, -0.1) is 12.2 Å². The molecule has 0 spiro atoms. The minimum Gasteiger partial charge on any atom is -0.141 e. The molecule has 0 amide bonds. The van der Waals surface area contributed by atoms with Gasteiger partial charge in [0, 0.05) is 5.24 Å². The first kappa shape index (κ1) is 20.0. The monoisotopic (exact) mass is 322 g/mol. The standard InChI is InChI=1S/C16H35PS2/c1-5-9-11-15(7-3)13-17(18,19)14-16(8-4)12-10-6-2/h15-16H,5-14H2,1-4H3,(H,18,19). The van der Waals surface area contributed by atoms with Crippen molar-refractivity contribution < 1.29 is 0 Å². The quantitative estimate of drug-likeness (QED) is 0.306. The summed E-state index contributed by atoms with van der Waals surface area (Å²) in [5.74, 6) is 1.65. The molecule has 0 radical (unpaired) electrons. The van der Waals surface area contributed by atoms with Crippen molar-refractivity contribution in [3.05, 3.63) is 0 Å². The van der Waals surface area contributed by atoms with Gasteiger partial charge >= 0.3 is 0 Å². The van der Waals surface area contributed by atoms with Crippen LogP contribution in [0.15, 0.2) is 0 Å². The van der Waals surface area contributed by atoms with Crippen molar-refractivity contribution in [2.24, 2.45) is 11.8 Å². The second kappa shape index (κ2) is 11.6. The molecule has 0 aromatic carbocycles. The SMILES string of the molecule is CCCCC(CC)CP(=S)(S)CC(CC)CCCC. The average molecular weight is 323 g/mol. The number of unbranched alkanes of at least 4 members (excludes halogenated alkanes) is 2. The average Bonchev–Trinajstić information content (AvgIpc) is 2.39. The van der Waals surface area contributed by atoms with E-state index in [0.717, 1.165) is 11.8 Å². The molecular weight excluding hydrogens is 287 g/mol. The summed E-state index contributed by atoms with van der Waals surface area (Å²) in [5, 5.41) is -1.39. The molecule has 0 rings (SSSR count). The fourth-order valence-electron chi connectivity index (χ4n) is 2.72. The maximum absolute atomic E-state index is 5.90. The Hall–Kier alpha value is 1.00. The number of rotatable bonds is 12. The van der Waals surface area contributed by atoms with E-state index < -0.39 is 5.24 Å². The van der Waals surface area contributed by atoms with E-state index in [0.29, 0.717) is 0 Å². The summed E-state index contributed by atoms with van der Waals surface area (Å²) in [6.45, 7) is 9.19. The van der Waals surface area contributed by atoms with Crippen LogP contribution in [0.5, 0.6) is 0 Å². The maximum atomic E-state index is 5.90. The van der Waals surface area contributed by atoms with Crippen molar-refractivity contribution in [1.82, 2.24) is 0 Å². The van der Waals surface area contributed by atoms with E-state index in [1.54, 1.807) is 0 Å². The zero-order valence-corrected chi connectivity index (χ0v) is 16.1. The molecule has 0 aliphatic carbocycles. The van der Waals surface area contributed by atoms with E-state index >= 15 is 0 Å². The van der Waals surface area contributed by atoms with Crippen LogP contribution in [0.3, 0.4) is 0 Å². The van der Waals surface area contributed by atoms with Crippen LogP contribution in [0.1, 0.15) is 79.1 Å². The van der Waals surface area contributed by atoms with Crippen LogP contribution in [-0.2, 0) is 11.8 Å². The molecule has 0 bridgehead atoms. The molecule has 0 aromatic heterocycles. The predicted molar refractivity (Wildman–Crippen MR) is 99.6 cm³/mol. The van der Waals surface area contributed by atoms with Gasteiger partial charge in [-0.25, -0.2) is 0 Å². The lowest BCUT2D eigenvalue weighted by Gasteiger charge is -2.26. The van der Waals surface area contributed by atoms with Crippen LogP contribution in [0.25, 0.3) is 0 Å². The van der Waals surface area contributed by atoms with Gasteiger partial charge in [-0.3, -0.25) is 0 Å². The van der Waals surface area contributed by atoms with Crippen LogP contribution in [0.4, 0.5) is 0 Å². The molecule has 0 N–H and O–H groups in total. The van der Waals surface area contributed by atoms with E-state index in [1.807, 2.05) is 0 Å². The van der Waals surface area contributed by atoms with Crippen LogP contribution in [-0.4, -0.2) is 12.3 Å². The van der Waals surface area contributed by atoms with Gasteiger partial charge in [0.25, 0.3) is 0 Å². The zero-order chi connectivity index (χ0) is 14.7. The van der Waals surface area contributed by atoms with E-state index in [9.17, 15) is 0 Å². The lowest BCUT2D eigenvalue weighted by molar-refractivity contribution is 0.485. The Balaban J connectivity index is 4.29. The minimum absolute atomic E-state index is 0.826. The molecule has 19 heavy (non-hydrogen) atoms. The smallest absolute Gasteiger partial charge is 0.00397 e. The first-order chi connectivity index (χ1) is 8.99. The van der Waals surface area contributed by atoms with Crippen molar-refractivity contribution in [2.45, 2.75) is 79.1 Å². The highest BCUT2D eigenvalue weighted by Gasteiger charge is 2.21. The summed E-state index contributed by atoms with van der Waals surface area (Å²) >= 11 is 10.8. The molecule has 0 aromatic rings. The third-order valence-corrected chi connectivity index (χ3v) is 8.22. The van der Waals surface area contributed by atoms with Crippen molar-refractivity contribution in [3.8, 4) is 0 Å². The van der Waals surface area contributed by atoms with Gasteiger partial charge < -0.3 is 0 Å². The summed E-state index contributed by atoms with van der Waals surface area (Å²) in [6, 6.07) is 0. The molecule has 0 saturated carbocycles. The van der Waals surface area contributed by atoms with Gasteiger partial charge in [0.1, 0.15) is 0 Å². The second-order valence-electron chi connectivity index (χ2n) is 6.04. The first-order valence-corrected chi connectivity index (χ1v) is 12.6. The summed E-state index contributed by atoms with van der Waals surface area (Å²) in [4.78, 5) is 0. The van der Waals surface area contributed by atoms with E-state index in [2.05, 4.69) is 27.7 Å². The highest BCUT2D eigenvalue weighted by atomic mass is 32.9. The van der Waals surface area contributed by atoms with Gasteiger partial charge in [0.05, 0.1) is 0 Å². The van der Waals surface area contributed by atoms with Crippen LogP contribution in [0.2, 0.25) is 0 Å². The maximum Gasteiger partial charge on any atom is 0.00397 e. The molecule has 0 heterocycles. The molecule has 0 aliphatic rings. The van der Waals surface area contributed by atoms with E-state index in [4.69, 9.17) is 24.1 Å². The topological polar surface area (TPSA) is 0 Å². The van der Waals surface area contributed by atoms with Gasteiger partial charge in [-0.05, 0) is 24.2 Å². The summed E-state index contributed by atoms with van der Waals surface area (Å²) in [6.07, 6.45) is 13.1. The fraction of sp³-hybridized carbons (Fsp3) is 1.00. The van der Waals surface area contributed by atoms with Gasteiger partial charge in [-0.2, -0.15) is 0 Å². The Morgan fingerprint density at radius 2 is 1.21 bits per heavy atom. The van der Waals surface area contributed by atoms with Crippen LogP contribution >= 0.6 is 17.5 Å². The predicted octanol–water partition coefficient (Wildman–Crippen LogP) is 6.74. The summed E-state index contributed by atoms with van der Waals surface area (Å²) < 4.78 is 0. The fourth-order valence-corrected chi connectivity index (χ4v) is 8.01.